The van der Waals surface area contributed by atoms with Gasteiger partial charge in [0.05, 0.1) is 0 Å². The van der Waals surface area contributed by atoms with Crippen molar-refractivity contribution in [1.82, 2.24) is 0 Å². The van der Waals surface area contributed by atoms with E-state index in [0.29, 0.717) is 0 Å². The summed E-state index contributed by atoms with van der Waals surface area (Å²) in [5.41, 5.74) is 4.72. The third-order valence-electron chi connectivity index (χ3n) is 4.25. The molecule has 0 saturated heterocycles. The van der Waals surface area contributed by atoms with Gasteiger partial charge in [-0.25, -0.2) is 0 Å². The highest BCUT2D eigenvalue weighted by Gasteiger charge is 2.20. The number of benzene rings is 2. The predicted octanol–water partition coefficient (Wildman–Crippen LogP) is 6.40. The summed E-state index contributed by atoms with van der Waals surface area (Å²) in [4.78, 5) is 0. The van der Waals surface area contributed by atoms with Crippen LogP contribution in [0.2, 0.25) is 0 Å². The van der Waals surface area contributed by atoms with E-state index in [1.165, 1.54) is 11.1 Å². The van der Waals surface area contributed by atoms with Crippen molar-refractivity contribution in [2.24, 2.45) is 0 Å². The number of rotatable bonds is 9. The van der Waals surface area contributed by atoms with E-state index in [2.05, 4.69) is 61.7 Å². The molecule has 2 rings (SSSR count). The van der Waals surface area contributed by atoms with Crippen LogP contribution in [0.15, 0.2) is 61.7 Å². The van der Waals surface area contributed by atoms with Crippen LogP contribution >= 0.6 is 17.7 Å². The minimum atomic E-state index is -2.19. The van der Waals surface area contributed by atoms with Gasteiger partial charge >= 0.3 is 0 Å². The molecule has 0 heterocycles. The molecule has 24 heavy (non-hydrogen) atoms. The number of hydrogen-bond donors (Lipinski definition) is 0. The highest BCUT2D eigenvalue weighted by atomic mass is 32.7. The zero-order chi connectivity index (χ0) is 17.4. The third-order valence-corrected chi connectivity index (χ3v) is 9.81. The first-order valence-electron chi connectivity index (χ1n) is 8.15. The first-order valence-corrected chi connectivity index (χ1v) is 12.1. The van der Waals surface area contributed by atoms with E-state index in [1.807, 2.05) is 18.4 Å². The molecule has 0 aliphatic carbocycles. The summed E-state index contributed by atoms with van der Waals surface area (Å²) in [6, 6.07) is 16.7. The standard InChI is InChI=1S/C21H25OPS/c1-4-18-6-10-20(11-7-18)14-16-23(22,24-3)17-15-21-12-8-19(5-2)9-13-21/h4-13H,1-2,14-17H2,3H3. The molecular formula is C21H25OPS. The summed E-state index contributed by atoms with van der Waals surface area (Å²) in [5, 5.41) is 0. The maximum atomic E-state index is 13.1. The smallest absolute Gasteiger partial charge is 0.139 e. The first-order chi connectivity index (χ1) is 11.6. The van der Waals surface area contributed by atoms with Gasteiger partial charge in [-0.05, 0) is 41.4 Å². The van der Waals surface area contributed by atoms with Crippen LogP contribution in [0.25, 0.3) is 12.2 Å². The van der Waals surface area contributed by atoms with Crippen LogP contribution in [-0.4, -0.2) is 18.6 Å². The molecule has 0 bridgehead atoms. The van der Waals surface area contributed by atoms with E-state index in [0.717, 1.165) is 36.3 Å². The molecule has 0 aromatic heterocycles. The lowest BCUT2D eigenvalue weighted by atomic mass is 10.1. The average molecular weight is 356 g/mol. The normalized spacial score (nSPS) is 11.2. The second-order valence-corrected chi connectivity index (χ2v) is 11.8. The average Bonchev–Trinajstić information content (AvgIpc) is 2.65. The molecule has 0 aliphatic heterocycles. The van der Waals surface area contributed by atoms with Crippen LogP contribution in [0.4, 0.5) is 0 Å². The fourth-order valence-corrected chi connectivity index (χ4v) is 5.96. The van der Waals surface area contributed by atoms with Crippen LogP contribution < -0.4 is 0 Å². The van der Waals surface area contributed by atoms with Gasteiger partial charge in [0.2, 0.25) is 0 Å². The van der Waals surface area contributed by atoms with E-state index in [-0.39, 0.29) is 0 Å². The van der Waals surface area contributed by atoms with Gasteiger partial charge in [0.25, 0.3) is 0 Å². The molecule has 0 amide bonds. The van der Waals surface area contributed by atoms with Gasteiger partial charge in [0, 0.05) is 12.3 Å². The Morgan fingerprint density at radius 1 is 0.833 bits per heavy atom. The van der Waals surface area contributed by atoms with Crippen molar-refractivity contribution in [3.8, 4) is 0 Å². The number of aryl methyl sites for hydroxylation is 2. The van der Waals surface area contributed by atoms with Gasteiger partial charge in [-0.1, -0.05) is 85.2 Å². The Bertz CT molecular complexity index is 657. The van der Waals surface area contributed by atoms with Crippen LogP contribution in [-0.2, 0) is 17.4 Å². The summed E-state index contributed by atoms with van der Waals surface area (Å²) in [6.45, 7) is 7.54. The summed E-state index contributed by atoms with van der Waals surface area (Å²) < 4.78 is 13.1. The number of hydrogen-bond acceptors (Lipinski definition) is 2. The molecule has 126 valence electrons. The molecule has 3 heteroatoms. The van der Waals surface area contributed by atoms with Gasteiger partial charge in [0.1, 0.15) is 6.34 Å². The molecule has 0 saturated carbocycles. The van der Waals surface area contributed by atoms with Crippen molar-refractivity contribution in [1.29, 1.82) is 0 Å². The Balaban J connectivity index is 1.92. The zero-order valence-electron chi connectivity index (χ0n) is 14.3. The van der Waals surface area contributed by atoms with Gasteiger partial charge in [-0.3, -0.25) is 0 Å². The molecule has 0 atom stereocenters. The molecule has 0 unspecified atom stereocenters. The monoisotopic (exact) mass is 356 g/mol. The molecule has 1 nitrogen and oxygen atoms in total. The van der Waals surface area contributed by atoms with Gasteiger partial charge in [-0.15, -0.1) is 0 Å². The van der Waals surface area contributed by atoms with Crippen LogP contribution in [0.3, 0.4) is 0 Å². The van der Waals surface area contributed by atoms with E-state index in [1.54, 1.807) is 11.4 Å². The minimum Gasteiger partial charge on any atom is -0.312 e. The van der Waals surface area contributed by atoms with Gasteiger partial charge in [0.15, 0.2) is 0 Å². The molecule has 0 fully saturated rings. The fraction of sp³-hybridized carbons (Fsp3) is 0.238. The Kier molecular flexibility index (Phi) is 7.15. The topological polar surface area (TPSA) is 17.1 Å². The van der Waals surface area contributed by atoms with Crippen molar-refractivity contribution >= 4 is 29.9 Å². The van der Waals surface area contributed by atoms with E-state index in [9.17, 15) is 4.57 Å². The second-order valence-electron chi connectivity index (χ2n) is 5.84. The molecule has 2 aromatic rings. The molecule has 2 aromatic carbocycles. The van der Waals surface area contributed by atoms with E-state index in [4.69, 9.17) is 0 Å². The van der Waals surface area contributed by atoms with Crippen molar-refractivity contribution in [3.05, 3.63) is 83.9 Å². The maximum absolute atomic E-state index is 13.1. The van der Waals surface area contributed by atoms with Crippen LogP contribution in [0.5, 0.6) is 0 Å². The maximum Gasteiger partial charge on any atom is 0.139 e. The lowest BCUT2D eigenvalue weighted by Gasteiger charge is -2.16. The summed E-state index contributed by atoms with van der Waals surface area (Å²) in [6.07, 6.45) is 6.71. The highest BCUT2D eigenvalue weighted by Crippen LogP contribution is 2.57. The highest BCUT2D eigenvalue weighted by molar-refractivity contribution is 8.57. The van der Waals surface area contributed by atoms with Crippen molar-refractivity contribution in [3.63, 3.8) is 0 Å². The van der Waals surface area contributed by atoms with E-state index < -0.39 is 6.34 Å². The van der Waals surface area contributed by atoms with Crippen LogP contribution in [0, 0.1) is 0 Å². The Morgan fingerprint density at radius 3 is 1.50 bits per heavy atom. The first kappa shape index (κ1) is 18.8. The fourth-order valence-electron chi connectivity index (χ4n) is 2.53. The molecular weight excluding hydrogens is 331 g/mol. The Morgan fingerprint density at radius 2 is 1.21 bits per heavy atom. The summed E-state index contributed by atoms with van der Waals surface area (Å²) in [5.74, 6) is 0. The third kappa shape index (κ3) is 5.54. The lowest BCUT2D eigenvalue weighted by Crippen LogP contribution is -1.99. The Labute approximate surface area is 150 Å². The van der Waals surface area contributed by atoms with Crippen molar-refractivity contribution in [2.45, 2.75) is 12.8 Å². The van der Waals surface area contributed by atoms with Gasteiger partial charge < -0.3 is 4.57 Å². The largest absolute Gasteiger partial charge is 0.312 e. The van der Waals surface area contributed by atoms with E-state index >= 15 is 0 Å². The lowest BCUT2D eigenvalue weighted by molar-refractivity contribution is 0.584. The van der Waals surface area contributed by atoms with Gasteiger partial charge in [-0.2, -0.15) is 0 Å². The van der Waals surface area contributed by atoms with Crippen molar-refractivity contribution in [2.75, 3.05) is 18.6 Å². The predicted molar refractivity (Wildman–Crippen MR) is 111 cm³/mol. The van der Waals surface area contributed by atoms with Crippen molar-refractivity contribution < 1.29 is 4.57 Å². The molecule has 0 N–H and O–H groups in total. The quantitative estimate of drug-likeness (QED) is 0.484. The second kappa shape index (κ2) is 9.11. The Hall–Kier alpha value is -1.50. The summed E-state index contributed by atoms with van der Waals surface area (Å²) in [7, 11) is 0. The minimum absolute atomic E-state index is 0.756. The molecule has 0 radical (unpaired) electrons. The molecule has 0 aliphatic rings. The van der Waals surface area contributed by atoms with Crippen LogP contribution in [0.1, 0.15) is 22.3 Å². The summed E-state index contributed by atoms with van der Waals surface area (Å²) >= 11 is 1.55. The molecule has 0 spiro atoms. The SMILES string of the molecule is C=Cc1ccc(CCP(=O)(CCc2ccc(C=C)cc2)SC)cc1. The zero-order valence-corrected chi connectivity index (χ0v) is 16.0.